The third-order valence-corrected chi connectivity index (χ3v) is 16.4. The Bertz CT molecular complexity index is 1300. The molecule has 23 atom stereocenters. The molecule has 14 heteroatoms. The topological polar surface area (TPSA) is 217 Å². The first-order valence-electron chi connectivity index (χ1n) is 20.4. The fourth-order valence-electron chi connectivity index (χ4n) is 13.3. The minimum atomic E-state index is -1.76. The molecule has 23 unspecified atom stereocenters. The quantitative estimate of drug-likeness (QED) is 0.170. The molecule has 0 bridgehead atoms. The molecule has 8 rings (SSSR count). The Morgan fingerprint density at radius 3 is 2.08 bits per heavy atom. The van der Waals surface area contributed by atoms with Crippen LogP contribution in [0.3, 0.4) is 0 Å². The van der Waals surface area contributed by atoms with Crippen LogP contribution in [0, 0.1) is 46.3 Å². The third kappa shape index (κ3) is 6.20. The highest BCUT2D eigenvalue weighted by Gasteiger charge is 2.69. The van der Waals surface area contributed by atoms with Gasteiger partial charge in [0.15, 0.2) is 12.6 Å². The van der Waals surface area contributed by atoms with Gasteiger partial charge in [-0.05, 0) is 111 Å². The molecule has 8 fully saturated rings. The van der Waals surface area contributed by atoms with Crippen molar-refractivity contribution in [2.45, 2.75) is 177 Å². The van der Waals surface area contributed by atoms with Crippen molar-refractivity contribution in [1.82, 2.24) is 0 Å². The SMILES string of the molecule is CC1CCC2(CO1)OC1CC3C4CCC5CC(OC6OC(CO)C(O)C(O)C6OC6OC(CO)C(O)C(O)C6O)C(O)CC5(C)C4CCC3(C)C1C2C. The first-order valence-corrected chi connectivity index (χ1v) is 20.4. The second-order valence-electron chi connectivity index (χ2n) is 18.8. The second-order valence-corrected chi connectivity index (χ2v) is 18.8. The predicted molar refractivity (Wildman–Crippen MR) is 185 cm³/mol. The van der Waals surface area contributed by atoms with E-state index >= 15 is 0 Å². The van der Waals surface area contributed by atoms with Gasteiger partial charge in [-0.15, -0.1) is 0 Å². The molecule has 14 nitrogen and oxygen atoms in total. The zero-order valence-electron chi connectivity index (χ0n) is 31.6. The summed E-state index contributed by atoms with van der Waals surface area (Å²) in [5.74, 6) is 2.83. The maximum Gasteiger partial charge on any atom is 0.187 e. The average Bonchev–Trinajstić information content (AvgIpc) is 3.58. The highest BCUT2D eigenvalue weighted by molar-refractivity contribution is 5.17. The van der Waals surface area contributed by atoms with Crippen LogP contribution in [0.15, 0.2) is 0 Å². The monoisotopic (exact) mass is 756 g/mol. The van der Waals surface area contributed by atoms with Crippen molar-refractivity contribution < 1.29 is 69.3 Å². The van der Waals surface area contributed by atoms with Gasteiger partial charge in [-0.1, -0.05) is 20.8 Å². The van der Waals surface area contributed by atoms with Gasteiger partial charge in [0.2, 0.25) is 0 Å². The summed E-state index contributed by atoms with van der Waals surface area (Å²) in [4.78, 5) is 0. The molecule has 4 aliphatic carbocycles. The number of aliphatic hydroxyl groups is 8. The van der Waals surface area contributed by atoms with E-state index in [4.69, 9.17) is 28.4 Å². The Morgan fingerprint density at radius 2 is 1.40 bits per heavy atom. The molecule has 4 aliphatic heterocycles. The zero-order valence-corrected chi connectivity index (χ0v) is 31.6. The number of hydrogen-bond donors (Lipinski definition) is 8. The molecular formula is C39H64O14. The van der Waals surface area contributed by atoms with Crippen LogP contribution in [0.2, 0.25) is 0 Å². The lowest BCUT2D eigenvalue weighted by atomic mass is 9.44. The Morgan fingerprint density at radius 1 is 0.698 bits per heavy atom. The van der Waals surface area contributed by atoms with Gasteiger partial charge >= 0.3 is 0 Å². The number of aliphatic hydroxyl groups excluding tert-OH is 8. The Balaban J connectivity index is 0.962. The summed E-state index contributed by atoms with van der Waals surface area (Å²) in [7, 11) is 0. The van der Waals surface area contributed by atoms with E-state index in [1.807, 2.05) is 0 Å². The molecule has 0 aromatic carbocycles. The second kappa shape index (κ2) is 14.4. The fourth-order valence-corrected chi connectivity index (χ4v) is 13.3. The number of hydrogen-bond acceptors (Lipinski definition) is 14. The van der Waals surface area contributed by atoms with E-state index in [0.29, 0.717) is 55.1 Å². The summed E-state index contributed by atoms with van der Waals surface area (Å²) >= 11 is 0. The standard InChI is InChI=1S/C39H64O14/c1-17-7-10-39(16-48-17)18(2)28-25(53-39)12-22-20-6-5-19-11-24(23(42)13-38(19,4)21(20)8-9-37(22,28)3)49-36-34(32(46)30(44)27(15-41)51-36)52-35-33(47)31(45)29(43)26(14-40)50-35/h17-36,40-47H,5-16H2,1-4H3. The average molecular weight is 757 g/mol. The molecule has 53 heavy (non-hydrogen) atoms. The van der Waals surface area contributed by atoms with Gasteiger partial charge < -0.3 is 69.3 Å². The summed E-state index contributed by atoms with van der Waals surface area (Å²) in [5.41, 5.74) is -0.0564. The lowest BCUT2D eigenvalue weighted by Crippen LogP contribution is -2.65. The van der Waals surface area contributed by atoms with Crippen LogP contribution in [0.4, 0.5) is 0 Å². The molecule has 0 radical (unpaired) electrons. The van der Waals surface area contributed by atoms with E-state index in [1.54, 1.807) is 0 Å². The Hall–Kier alpha value is -0.560. The number of ether oxygens (including phenoxy) is 6. The first-order chi connectivity index (χ1) is 25.2. The van der Waals surface area contributed by atoms with E-state index in [0.717, 1.165) is 44.9 Å². The molecule has 4 heterocycles. The first kappa shape index (κ1) is 39.3. The Labute approximate surface area is 312 Å². The van der Waals surface area contributed by atoms with Gasteiger partial charge in [0, 0.05) is 0 Å². The molecule has 4 saturated heterocycles. The van der Waals surface area contributed by atoms with Crippen LogP contribution >= 0.6 is 0 Å². The highest BCUT2D eigenvalue weighted by atomic mass is 16.8. The van der Waals surface area contributed by atoms with Crippen molar-refractivity contribution in [3.05, 3.63) is 0 Å². The molecule has 304 valence electrons. The van der Waals surface area contributed by atoms with Crippen LogP contribution in [-0.2, 0) is 28.4 Å². The molecule has 8 aliphatic rings. The lowest BCUT2D eigenvalue weighted by Gasteiger charge is -2.62. The van der Waals surface area contributed by atoms with Crippen molar-refractivity contribution >= 4 is 0 Å². The normalized spacial score (nSPS) is 59.5. The van der Waals surface area contributed by atoms with Gasteiger partial charge in [-0.3, -0.25) is 0 Å². The van der Waals surface area contributed by atoms with Gasteiger partial charge in [0.05, 0.1) is 49.8 Å². The van der Waals surface area contributed by atoms with Crippen LogP contribution in [0.25, 0.3) is 0 Å². The van der Waals surface area contributed by atoms with E-state index in [-0.39, 0.29) is 28.5 Å². The van der Waals surface area contributed by atoms with Gasteiger partial charge in [-0.25, -0.2) is 0 Å². The van der Waals surface area contributed by atoms with E-state index in [1.165, 1.54) is 0 Å². The van der Waals surface area contributed by atoms with E-state index < -0.39 is 86.8 Å². The summed E-state index contributed by atoms with van der Waals surface area (Å²) in [6, 6.07) is 0. The van der Waals surface area contributed by atoms with Crippen LogP contribution in [0.1, 0.15) is 85.5 Å². The maximum absolute atomic E-state index is 11.8. The molecule has 4 saturated carbocycles. The molecule has 0 aromatic rings. The van der Waals surface area contributed by atoms with Crippen LogP contribution in [0.5, 0.6) is 0 Å². The summed E-state index contributed by atoms with van der Waals surface area (Å²) < 4.78 is 37.0. The van der Waals surface area contributed by atoms with Gasteiger partial charge in [0.25, 0.3) is 0 Å². The zero-order chi connectivity index (χ0) is 37.8. The van der Waals surface area contributed by atoms with E-state index in [2.05, 4.69) is 27.7 Å². The van der Waals surface area contributed by atoms with Gasteiger partial charge in [-0.2, -0.15) is 0 Å². The number of fused-ring (bicyclic) bond motifs is 7. The largest absolute Gasteiger partial charge is 0.394 e. The van der Waals surface area contributed by atoms with Crippen molar-refractivity contribution in [2.75, 3.05) is 19.8 Å². The fraction of sp³-hybridized carbons (Fsp3) is 1.00. The summed E-state index contributed by atoms with van der Waals surface area (Å²) in [6.07, 6.45) is -7.69. The molecule has 8 N–H and O–H groups in total. The molecule has 0 amide bonds. The minimum absolute atomic E-state index is 0.106. The highest BCUT2D eigenvalue weighted by Crippen LogP contribution is 2.71. The minimum Gasteiger partial charge on any atom is -0.394 e. The number of rotatable bonds is 6. The predicted octanol–water partition coefficient (Wildman–Crippen LogP) is 0.208. The lowest BCUT2D eigenvalue weighted by molar-refractivity contribution is -0.376. The summed E-state index contributed by atoms with van der Waals surface area (Å²) in [6.45, 7) is 8.86. The molecule has 0 aromatic heterocycles. The summed E-state index contributed by atoms with van der Waals surface area (Å²) in [5, 5.41) is 84.5. The van der Waals surface area contributed by atoms with Crippen LogP contribution < -0.4 is 0 Å². The third-order valence-electron chi connectivity index (χ3n) is 16.4. The smallest absolute Gasteiger partial charge is 0.187 e. The maximum atomic E-state index is 11.8. The van der Waals surface area contributed by atoms with E-state index in [9.17, 15) is 40.9 Å². The van der Waals surface area contributed by atoms with Crippen molar-refractivity contribution in [2.24, 2.45) is 46.3 Å². The van der Waals surface area contributed by atoms with Crippen molar-refractivity contribution in [3.63, 3.8) is 0 Å². The Kier molecular flexibility index (Phi) is 10.6. The van der Waals surface area contributed by atoms with Crippen LogP contribution in [-0.4, -0.2) is 152 Å². The van der Waals surface area contributed by atoms with Crippen molar-refractivity contribution in [1.29, 1.82) is 0 Å². The molecular weight excluding hydrogens is 692 g/mol. The molecule has 1 spiro atoms. The van der Waals surface area contributed by atoms with Crippen molar-refractivity contribution in [3.8, 4) is 0 Å². The van der Waals surface area contributed by atoms with Gasteiger partial charge in [0.1, 0.15) is 48.8 Å².